The van der Waals surface area contributed by atoms with E-state index in [1.807, 2.05) is 12.1 Å². The van der Waals surface area contributed by atoms with Gasteiger partial charge in [-0.05, 0) is 12.2 Å². The zero-order valence-electron chi connectivity index (χ0n) is 12.3. The number of ether oxygens (including phenoxy) is 2. The molecule has 0 aliphatic rings. The first kappa shape index (κ1) is 16.4. The molecule has 0 radical (unpaired) electrons. The molecule has 2 N–H and O–H groups in total. The van der Waals surface area contributed by atoms with E-state index < -0.39 is 0 Å². The van der Waals surface area contributed by atoms with Crippen LogP contribution in [0.4, 0.5) is 5.69 Å². The third-order valence-corrected chi connectivity index (χ3v) is 3.28. The zero-order valence-corrected chi connectivity index (χ0v) is 13.9. The second-order valence-corrected chi connectivity index (χ2v) is 5.25. The molecule has 0 saturated carbocycles. The fourth-order valence-corrected chi connectivity index (χ4v) is 2.18. The molecule has 0 spiro atoms. The van der Waals surface area contributed by atoms with Crippen molar-refractivity contribution in [1.82, 2.24) is 15.1 Å². The lowest BCUT2D eigenvalue weighted by Gasteiger charge is -2.13. The number of benzene rings is 1. The number of hydrogen-bond acceptors (Lipinski definition) is 4. The highest BCUT2D eigenvalue weighted by Gasteiger charge is 2.04. The van der Waals surface area contributed by atoms with Crippen molar-refractivity contribution in [2.75, 3.05) is 26.1 Å². The van der Waals surface area contributed by atoms with Gasteiger partial charge in [-0.3, -0.25) is 4.68 Å². The van der Waals surface area contributed by atoms with E-state index in [1.54, 1.807) is 37.4 Å². The Morgan fingerprint density at radius 3 is 2.50 bits per heavy atom. The highest BCUT2D eigenvalue weighted by Crippen LogP contribution is 2.25. The number of halogens is 1. The predicted octanol–water partition coefficient (Wildman–Crippen LogP) is 2.54. The lowest BCUT2D eigenvalue weighted by atomic mass is 10.3. The largest absolute Gasteiger partial charge is 0.497 e. The first-order valence-corrected chi connectivity index (χ1v) is 7.35. The maximum atomic E-state index is 5.80. The lowest BCUT2D eigenvalue weighted by Crippen LogP contribution is -2.31. The molecule has 0 aliphatic carbocycles. The Hall–Kier alpha value is -1.99. The molecule has 0 fully saturated rings. The van der Waals surface area contributed by atoms with E-state index in [-0.39, 0.29) is 0 Å². The third kappa shape index (κ3) is 4.78. The molecule has 1 aromatic carbocycles. The normalized spacial score (nSPS) is 10.1. The number of anilines is 1. The molecule has 0 bridgehead atoms. The fraction of sp³-hybridized carbons (Fsp3) is 0.286. The summed E-state index contributed by atoms with van der Waals surface area (Å²) >= 11 is 11.1. The summed E-state index contributed by atoms with van der Waals surface area (Å²) in [6.45, 7) is 1.29. The van der Waals surface area contributed by atoms with Crippen LogP contribution in [0.3, 0.4) is 0 Å². The standard InChI is InChI=1S/C14H17ClN4O2S/c1-20-12-5-11(6-13(7-12)21-2)18-14(22)16-3-4-19-9-10(15)8-17-19/h5-9H,3-4H2,1-2H3,(H2,16,18,22). The van der Waals surface area contributed by atoms with Crippen molar-refractivity contribution in [3.8, 4) is 11.5 Å². The van der Waals surface area contributed by atoms with Crippen molar-refractivity contribution >= 4 is 34.6 Å². The van der Waals surface area contributed by atoms with Crippen LogP contribution in [0.25, 0.3) is 0 Å². The maximum Gasteiger partial charge on any atom is 0.170 e. The van der Waals surface area contributed by atoms with Crippen LogP contribution in [0.2, 0.25) is 5.02 Å². The highest BCUT2D eigenvalue weighted by molar-refractivity contribution is 7.80. The van der Waals surface area contributed by atoms with Gasteiger partial charge in [-0.1, -0.05) is 11.6 Å². The van der Waals surface area contributed by atoms with Crippen LogP contribution in [0.5, 0.6) is 11.5 Å². The Kier molecular flexibility index (Phi) is 5.85. The molecule has 8 heteroatoms. The van der Waals surface area contributed by atoms with Crippen LogP contribution < -0.4 is 20.1 Å². The number of nitrogens with one attached hydrogen (secondary N) is 2. The Bertz CT molecular complexity index is 625. The van der Waals surface area contributed by atoms with Crippen LogP contribution in [-0.4, -0.2) is 35.7 Å². The maximum absolute atomic E-state index is 5.80. The fourth-order valence-electron chi connectivity index (χ4n) is 1.80. The lowest BCUT2D eigenvalue weighted by molar-refractivity contribution is 0.395. The first-order valence-electron chi connectivity index (χ1n) is 6.56. The number of thiocarbonyl (C=S) groups is 1. The average Bonchev–Trinajstić information content (AvgIpc) is 2.92. The van der Waals surface area contributed by atoms with Gasteiger partial charge in [-0.25, -0.2) is 0 Å². The number of rotatable bonds is 6. The quantitative estimate of drug-likeness (QED) is 0.788. The molecule has 0 amide bonds. The Labute approximate surface area is 139 Å². The van der Waals surface area contributed by atoms with Gasteiger partial charge >= 0.3 is 0 Å². The summed E-state index contributed by atoms with van der Waals surface area (Å²) in [5.74, 6) is 1.38. The molecule has 2 rings (SSSR count). The van der Waals surface area contributed by atoms with Crippen molar-refractivity contribution in [2.24, 2.45) is 0 Å². The molecular weight excluding hydrogens is 324 g/mol. The summed E-state index contributed by atoms with van der Waals surface area (Å²) in [7, 11) is 3.20. The molecule has 6 nitrogen and oxygen atoms in total. The van der Waals surface area contributed by atoms with Crippen molar-refractivity contribution in [1.29, 1.82) is 0 Å². The van der Waals surface area contributed by atoms with E-state index in [0.717, 1.165) is 5.69 Å². The third-order valence-electron chi connectivity index (χ3n) is 2.84. The molecule has 1 heterocycles. The Morgan fingerprint density at radius 2 is 1.95 bits per heavy atom. The molecule has 2 aromatic rings. The number of hydrogen-bond donors (Lipinski definition) is 2. The average molecular weight is 341 g/mol. The minimum atomic E-state index is 0.508. The summed E-state index contributed by atoms with van der Waals surface area (Å²) in [4.78, 5) is 0. The van der Waals surface area contributed by atoms with Gasteiger partial charge in [0, 0.05) is 36.6 Å². The van der Waals surface area contributed by atoms with Gasteiger partial charge in [0.2, 0.25) is 0 Å². The predicted molar refractivity (Wildman–Crippen MR) is 91.0 cm³/mol. The summed E-state index contributed by atoms with van der Waals surface area (Å²) < 4.78 is 12.2. The molecule has 0 unspecified atom stereocenters. The van der Waals surface area contributed by atoms with E-state index in [2.05, 4.69) is 15.7 Å². The summed E-state index contributed by atoms with van der Waals surface area (Å²) in [6, 6.07) is 5.47. The van der Waals surface area contributed by atoms with Crippen molar-refractivity contribution in [2.45, 2.75) is 6.54 Å². The number of methoxy groups -OCH3 is 2. The minimum absolute atomic E-state index is 0.508. The van der Waals surface area contributed by atoms with Gasteiger partial charge in [0.15, 0.2) is 5.11 Å². The van der Waals surface area contributed by atoms with E-state index in [4.69, 9.17) is 33.3 Å². The second kappa shape index (κ2) is 7.86. The van der Waals surface area contributed by atoms with Crippen LogP contribution in [0.1, 0.15) is 0 Å². The molecule has 0 saturated heterocycles. The second-order valence-electron chi connectivity index (χ2n) is 4.40. The van der Waals surface area contributed by atoms with Gasteiger partial charge in [-0.15, -0.1) is 0 Å². The molecular formula is C14H17ClN4O2S. The van der Waals surface area contributed by atoms with Crippen molar-refractivity contribution in [3.05, 3.63) is 35.6 Å². The van der Waals surface area contributed by atoms with Crippen LogP contribution in [0.15, 0.2) is 30.6 Å². The molecule has 1 aromatic heterocycles. The van der Waals surface area contributed by atoms with E-state index in [9.17, 15) is 0 Å². The highest BCUT2D eigenvalue weighted by atomic mass is 35.5. The smallest absolute Gasteiger partial charge is 0.170 e. The summed E-state index contributed by atoms with van der Waals surface area (Å²) in [6.07, 6.45) is 3.35. The molecule has 0 atom stereocenters. The number of aromatic nitrogens is 2. The van der Waals surface area contributed by atoms with E-state index in [0.29, 0.717) is 34.7 Å². The van der Waals surface area contributed by atoms with Crippen LogP contribution in [-0.2, 0) is 6.54 Å². The van der Waals surface area contributed by atoms with Gasteiger partial charge in [-0.2, -0.15) is 5.10 Å². The summed E-state index contributed by atoms with van der Waals surface area (Å²) in [5, 5.41) is 11.4. The van der Waals surface area contributed by atoms with E-state index in [1.165, 1.54) is 0 Å². The number of nitrogens with zero attached hydrogens (tertiary/aromatic N) is 2. The van der Waals surface area contributed by atoms with Gasteiger partial charge in [0.25, 0.3) is 0 Å². The zero-order chi connectivity index (χ0) is 15.9. The molecule has 22 heavy (non-hydrogen) atoms. The van der Waals surface area contributed by atoms with Crippen molar-refractivity contribution < 1.29 is 9.47 Å². The summed E-state index contributed by atoms with van der Waals surface area (Å²) in [5.41, 5.74) is 0.788. The Balaban J connectivity index is 1.86. The van der Waals surface area contributed by atoms with Gasteiger partial charge in [0.1, 0.15) is 11.5 Å². The molecule has 0 aliphatic heterocycles. The van der Waals surface area contributed by atoms with Crippen LogP contribution in [0, 0.1) is 0 Å². The Morgan fingerprint density at radius 1 is 1.27 bits per heavy atom. The van der Waals surface area contributed by atoms with Crippen molar-refractivity contribution in [3.63, 3.8) is 0 Å². The van der Waals surface area contributed by atoms with Gasteiger partial charge in [0.05, 0.1) is 32.0 Å². The minimum Gasteiger partial charge on any atom is -0.497 e. The SMILES string of the molecule is COc1cc(NC(=S)NCCn2cc(Cl)cn2)cc(OC)c1. The first-order chi connectivity index (χ1) is 10.6. The topological polar surface area (TPSA) is 60.3 Å². The van der Waals surface area contributed by atoms with Crippen LogP contribution >= 0.6 is 23.8 Å². The molecule has 118 valence electrons. The monoisotopic (exact) mass is 340 g/mol. The van der Waals surface area contributed by atoms with E-state index >= 15 is 0 Å². The van der Waals surface area contributed by atoms with Gasteiger partial charge < -0.3 is 20.1 Å².